The maximum atomic E-state index is 13.5. The molecule has 1 heterocycles. The zero-order valence-corrected chi connectivity index (χ0v) is 11.8. The van der Waals surface area contributed by atoms with Crippen LogP contribution in [0.2, 0.25) is 0 Å². The summed E-state index contributed by atoms with van der Waals surface area (Å²) in [7, 11) is 0. The Kier molecular flexibility index (Phi) is 4.87. The van der Waals surface area contributed by atoms with Crippen LogP contribution in [0.3, 0.4) is 0 Å². The number of halogens is 1. The maximum absolute atomic E-state index is 13.5. The van der Waals surface area contributed by atoms with Gasteiger partial charge in [-0.3, -0.25) is 0 Å². The minimum Gasteiger partial charge on any atom is -0.370 e. The van der Waals surface area contributed by atoms with Crippen molar-refractivity contribution in [3.8, 4) is 0 Å². The molecule has 0 unspecified atom stereocenters. The summed E-state index contributed by atoms with van der Waals surface area (Å²) in [5.74, 6) is 1.95. The first-order valence-corrected chi connectivity index (χ1v) is 6.76. The zero-order valence-electron chi connectivity index (χ0n) is 11.8. The van der Waals surface area contributed by atoms with E-state index in [0.29, 0.717) is 23.8 Å². The van der Waals surface area contributed by atoms with Crippen LogP contribution in [0.1, 0.15) is 24.7 Å². The molecule has 1 aromatic heterocycles. The summed E-state index contributed by atoms with van der Waals surface area (Å²) in [5, 5.41) is 6.35. The van der Waals surface area contributed by atoms with Gasteiger partial charge in [0.2, 0.25) is 0 Å². The lowest BCUT2D eigenvalue weighted by Gasteiger charge is -2.10. The first-order chi connectivity index (χ1) is 9.69. The third-order valence-corrected chi connectivity index (χ3v) is 2.81. The van der Waals surface area contributed by atoms with Crippen LogP contribution in [0, 0.1) is 12.7 Å². The second kappa shape index (κ2) is 6.84. The molecule has 0 saturated heterocycles. The second-order valence-corrected chi connectivity index (χ2v) is 4.56. The van der Waals surface area contributed by atoms with Gasteiger partial charge in [-0.2, -0.15) is 0 Å². The van der Waals surface area contributed by atoms with E-state index < -0.39 is 0 Å². The number of aryl methyl sites for hydroxylation is 1. The van der Waals surface area contributed by atoms with Gasteiger partial charge in [0, 0.05) is 24.7 Å². The number of nitrogens with one attached hydrogen (secondary N) is 2. The molecular weight excluding hydrogens is 255 g/mol. The highest BCUT2D eigenvalue weighted by molar-refractivity contribution is 5.47. The summed E-state index contributed by atoms with van der Waals surface area (Å²) in [5.41, 5.74) is 0.617. The van der Waals surface area contributed by atoms with Crippen LogP contribution in [0.15, 0.2) is 30.3 Å². The highest BCUT2D eigenvalue weighted by atomic mass is 19.1. The van der Waals surface area contributed by atoms with E-state index in [1.807, 2.05) is 19.1 Å². The number of hydrogen-bond acceptors (Lipinski definition) is 4. The van der Waals surface area contributed by atoms with E-state index in [0.717, 1.165) is 18.8 Å². The highest BCUT2D eigenvalue weighted by Gasteiger charge is 2.04. The summed E-state index contributed by atoms with van der Waals surface area (Å²) in [6, 6.07) is 8.55. The molecule has 0 amide bonds. The number of nitrogens with zero attached hydrogens (tertiary/aromatic N) is 2. The van der Waals surface area contributed by atoms with Crippen molar-refractivity contribution >= 4 is 11.6 Å². The molecule has 0 spiro atoms. The van der Waals surface area contributed by atoms with E-state index in [-0.39, 0.29) is 5.82 Å². The lowest BCUT2D eigenvalue weighted by molar-refractivity contribution is 0.613. The van der Waals surface area contributed by atoms with E-state index >= 15 is 0 Å². The Morgan fingerprint density at radius 2 is 1.80 bits per heavy atom. The monoisotopic (exact) mass is 274 g/mol. The molecule has 2 aromatic rings. The quantitative estimate of drug-likeness (QED) is 0.848. The van der Waals surface area contributed by atoms with Gasteiger partial charge >= 0.3 is 0 Å². The Bertz CT molecular complexity index is 572. The number of hydrogen-bond donors (Lipinski definition) is 2. The Morgan fingerprint density at radius 3 is 2.50 bits per heavy atom. The number of benzene rings is 1. The SMILES string of the molecule is CCCNc1cc(NCc2ccccc2F)nc(C)n1. The molecule has 4 nitrogen and oxygen atoms in total. The molecule has 2 N–H and O–H groups in total. The molecule has 1 aromatic carbocycles. The maximum Gasteiger partial charge on any atom is 0.132 e. The molecule has 106 valence electrons. The fraction of sp³-hybridized carbons (Fsp3) is 0.333. The molecule has 0 atom stereocenters. The van der Waals surface area contributed by atoms with Crippen LogP contribution >= 0.6 is 0 Å². The molecule has 0 saturated carbocycles. The van der Waals surface area contributed by atoms with Crippen LogP contribution in [-0.4, -0.2) is 16.5 Å². The van der Waals surface area contributed by atoms with Crippen molar-refractivity contribution < 1.29 is 4.39 Å². The summed E-state index contributed by atoms with van der Waals surface area (Å²) in [6.07, 6.45) is 1.03. The van der Waals surface area contributed by atoms with Crippen LogP contribution < -0.4 is 10.6 Å². The summed E-state index contributed by atoms with van der Waals surface area (Å²) < 4.78 is 13.5. The largest absolute Gasteiger partial charge is 0.370 e. The van der Waals surface area contributed by atoms with Crippen LogP contribution in [-0.2, 0) is 6.54 Å². The number of anilines is 2. The Morgan fingerprint density at radius 1 is 1.10 bits per heavy atom. The molecule has 0 radical (unpaired) electrons. The minimum atomic E-state index is -0.213. The second-order valence-electron chi connectivity index (χ2n) is 4.56. The molecule has 0 aliphatic heterocycles. The molecule has 0 aliphatic carbocycles. The lowest BCUT2D eigenvalue weighted by atomic mass is 10.2. The predicted octanol–water partition coefficient (Wildman–Crippen LogP) is 3.36. The normalized spacial score (nSPS) is 10.3. The van der Waals surface area contributed by atoms with Gasteiger partial charge in [-0.15, -0.1) is 0 Å². The molecule has 2 rings (SSSR count). The topological polar surface area (TPSA) is 49.8 Å². The van der Waals surface area contributed by atoms with Gasteiger partial charge in [0.1, 0.15) is 23.3 Å². The molecule has 20 heavy (non-hydrogen) atoms. The molecule has 0 fully saturated rings. The van der Waals surface area contributed by atoms with E-state index in [4.69, 9.17) is 0 Å². The van der Waals surface area contributed by atoms with Crippen LogP contribution in [0.4, 0.5) is 16.0 Å². The fourth-order valence-corrected chi connectivity index (χ4v) is 1.83. The standard InChI is InChI=1S/C15H19FN4/c1-3-8-17-14-9-15(20-11(2)19-14)18-10-12-6-4-5-7-13(12)16/h4-7,9H,3,8,10H2,1-2H3,(H2,17,18,19,20). The van der Waals surface area contributed by atoms with E-state index in [9.17, 15) is 4.39 Å². The fourth-order valence-electron chi connectivity index (χ4n) is 1.83. The van der Waals surface area contributed by atoms with Gasteiger partial charge in [0.05, 0.1) is 0 Å². The van der Waals surface area contributed by atoms with Gasteiger partial charge in [-0.05, 0) is 19.4 Å². The van der Waals surface area contributed by atoms with Crippen molar-refractivity contribution in [3.63, 3.8) is 0 Å². The van der Waals surface area contributed by atoms with Gasteiger partial charge in [-0.25, -0.2) is 14.4 Å². The average Bonchev–Trinajstić information content (AvgIpc) is 2.44. The van der Waals surface area contributed by atoms with E-state index in [1.54, 1.807) is 12.1 Å². The van der Waals surface area contributed by atoms with Crippen molar-refractivity contribution in [2.24, 2.45) is 0 Å². The first-order valence-electron chi connectivity index (χ1n) is 6.76. The first kappa shape index (κ1) is 14.2. The summed E-state index contributed by atoms with van der Waals surface area (Å²) >= 11 is 0. The summed E-state index contributed by atoms with van der Waals surface area (Å²) in [6.45, 7) is 5.20. The molecule has 5 heteroatoms. The van der Waals surface area contributed by atoms with E-state index in [1.165, 1.54) is 6.07 Å². The highest BCUT2D eigenvalue weighted by Crippen LogP contribution is 2.13. The third-order valence-electron chi connectivity index (χ3n) is 2.81. The van der Waals surface area contributed by atoms with Gasteiger partial charge in [0.15, 0.2) is 0 Å². The molecular formula is C15H19FN4. The minimum absolute atomic E-state index is 0.213. The molecule has 0 bridgehead atoms. The average molecular weight is 274 g/mol. The Hall–Kier alpha value is -2.17. The van der Waals surface area contributed by atoms with E-state index in [2.05, 4.69) is 27.5 Å². The molecule has 0 aliphatic rings. The predicted molar refractivity (Wildman–Crippen MR) is 79.3 cm³/mol. The van der Waals surface area contributed by atoms with Gasteiger partial charge in [-0.1, -0.05) is 25.1 Å². The van der Waals surface area contributed by atoms with Gasteiger partial charge in [0.25, 0.3) is 0 Å². The zero-order chi connectivity index (χ0) is 14.4. The lowest BCUT2D eigenvalue weighted by Crippen LogP contribution is -2.08. The van der Waals surface area contributed by atoms with Crippen molar-refractivity contribution in [2.75, 3.05) is 17.2 Å². The van der Waals surface area contributed by atoms with Crippen LogP contribution in [0.25, 0.3) is 0 Å². The van der Waals surface area contributed by atoms with Crippen molar-refractivity contribution in [1.29, 1.82) is 0 Å². The smallest absolute Gasteiger partial charge is 0.132 e. The van der Waals surface area contributed by atoms with Crippen molar-refractivity contribution in [3.05, 3.63) is 47.5 Å². The number of rotatable bonds is 6. The summed E-state index contributed by atoms with van der Waals surface area (Å²) in [4.78, 5) is 8.61. The van der Waals surface area contributed by atoms with Gasteiger partial charge < -0.3 is 10.6 Å². The van der Waals surface area contributed by atoms with Crippen molar-refractivity contribution in [2.45, 2.75) is 26.8 Å². The van der Waals surface area contributed by atoms with Crippen LogP contribution in [0.5, 0.6) is 0 Å². The third kappa shape index (κ3) is 3.91. The van der Waals surface area contributed by atoms with Crippen molar-refractivity contribution in [1.82, 2.24) is 9.97 Å². The Labute approximate surface area is 118 Å². The number of aromatic nitrogens is 2. The Balaban J connectivity index is 2.05.